The minimum Gasteiger partial charge on any atom is -0.481 e. The van der Waals surface area contributed by atoms with E-state index in [0.717, 1.165) is 4.90 Å². The number of hydrogen-bond donors (Lipinski definition) is 3. The lowest BCUT2D eigenvalue weighted by molar-refractivity contribution is -0.138. The summed E-state index contributed by atoms with van der Waals surface area (Å²) in [5.41, 5.74) is 0. The Morgan fingerprint density at radius 3 is 2.44 bits per heavy atom. The van der Waals surface area contributed by atoms with Gasteiger partial charge < -0.3 is 10.4 Å². The van der Waals surface area contributed by atoms with Gasteiger partial charge in [-0.1, -0.05) is 0 Å². The van der Waals surface area contributed by atoms with Crippen molar-refractivity contribution in [2.45, 2.75) is 38.2 Å². The predicted molar refractivity (Wildman–Crippen MR) is 67.3 cm³/mol. The van der Waals surface area contributed by atoms with Crippen molar-refractivity contribution in [1.29, 1.82) is 0 Å². The van der Waals surface area contributed by atoms with Crippen LogP contribution < -0.4 is 5.32 Å². The van der Waals surface area contributed by atoms with Crippen molar-refractivity contribution in [2.75, 3.05) is 6.54 Å². The van der Waals surface area contributed by atoms with Gasteiger partial charge in [0, 0.05) is 12.6 Å². The molecule has 0 aromatic rings. The highest BCUT2D eigenvalue weighted by Gasteiger charge is 2.48. The van der Waals surface area contributed by atoms with Crippen LogP contribution in [-0.4, -0.2) is 50.5 Å². The number of imide groups is 1. The van der Waals surface area contributed by atoms with Gasteiger partial charge in [0.2, 0.25) is 0 Å². The molecule has 0 radical (unpaired) electrons. The summed E-state index contributed by atoms with van der Waals surface area (Å²) in [5, 5.41) is 11.3. The minimum atomic E-state index is -1.49. The number of urea groups is 2. The molecule has 8 heteroatoms. The Bertz CT molecular complexity index is 387. The third kappa shape index (κ3) is 2.53. The van der Waals surface area contributed by atoms with Gasteiger partial charge in [-0.2, -0.15) is 0 Å². The molecule has 2 N–H and O–H groups in total. The number of aliphatic carboxylic acids is 1. The summed E-state index contributed by atoms with van der Waals surface area (Å²) >= 11 is 4.16. The lowest BCUT2D eigenvalue weighted by atomic mass is 10.2. The van der Waals surface area contributed by atoms with E-state index in [1.165, 1.54) is 4.90 Å². The maximum atomic E-state index is 12.2. The zero-order valence-corrected chi connectivity index (χ0v) is 11.4. The first-order valence-electron chi connectivity index (χ1n) is 5.60. The van der Waals surface area contributed by atoms with Crippen molar-refractivity contribution >= 4 is 30.7 Å². The second kappa shape index (κ2) is 5.05. The highest BCUT2D eigenvalue weighted by atomic mass is 32.1. The Morgan fingerprint density at radius 1 is 1.50 bits per heavy atom. The summed E-state index contributed by atoms with van der Waals surface area (Å²) < 4.78 is 0. The standard InChI is InChI=1S/C10H17N3O4S/c1-4-12-9(17)13(6(2)3)8(16)11-10(12,18)5-7(14)15/h6,18H,4-5H2,1-3H3,(H,11,16)(H,14,15). The highest BCUT2D eigenvalue weighted by molar-refractivity contribution is 7.81. The number of hydrogen-bond acceptors (Lipinski definition) is 4. The Hall–Kier alpha value is -1.44. The van der Waals surface area contributed by atoms with E-state index in [4.69, 9.17) is 5.11 Å². The smallest absolute Gasteiger partial charge is 0.330 e. The van der Waals surface area contributed by atoms with Crippen LogP contribution in [0.25, 0.3) is 0 Å². The lowest BCUT2D eigenvalue weighted by Gasteiger charge is -2.47. The second-order valence-corrected chi connectivity index (χ2v) is 5.05. The van der Waals surface area contributed by atoms with Crippen molar-refractivity contribution in [3.8, 4) is 0 Å². The number of carboxylic acids is 1. The number of thiol groups is 1. The molecule has 1 saturated heterocycles. The summed E-state index contributed by atoms with van der Waals surface area (Å²) in [6.07, 6.45) is -0.465. The predicted octanol–water partition coefficient (Wildman–Crippen LogP) is 0.920. The first-order valence-corrected chi connectivity index (χ1v) is 6.04. The first-order chi connectivity index (χ1) is 8.23. The molecule has 1 rings (SSSR count). The van der Waals surface area contributed by atoms with E-state index in [1.807, 2.05) is 0 Å². The largest absolute Gasteiger partial charge is 0.481 e. The van der Waals surface area contributed by atoms with Crippen LogP contribution in [-0.2, 0) is 4.79 Å². The van der Waals surface area contributed by atoms with Crippen LogP contribution >= 0.6 is 12.6 Å². The molecule has 1 aliphatic heterocycles. The summed E-state index contributed by atoms with van der Waals surface area (Å²) in [5.74, 6) is -1.14. The Labute approximate surface area is 111 Å². The van der Waals surface area contributed by atoms with Crippen molar-refractivity contribution < 1.29 is 19.5 Å². The van der Waals surface area contributed by atoms with E-state index in [1.54, 1.807) is 20.8 Å². The average molecular weight is 275 g/mol. The number of nitrogens with one attached hydrogen (secondary N) is 1. The molecule has 0 aromatic carbocycles. The van der Waals surface area contributed by atoms with Crippen molar-refractivity contribution in [3.63, 3.8) is 0 Å². The van der Waals surface area contributed by atoms with Crippen LogP contribution in [0.3, 0.4) is 0 Å². The molecule has 1 atom stereocenters. The normalized spacial score (nSPS) is 24.5. The fourth-order valence-corrected chi connectivity index (χ4v) is 2.33. The van der Waals surface area contributed by atoms with Gasteiger partial charge in [-0.15, -0.1) is 12.6 Å². The second-order valence-electron chi connectivity index (χ2n) is 4.31. The summed E-state index contributed by atoms with van der Waals surface area (Å²) in [4.78, 5) is 35.6. The zero-order valence-electron chi connectivity index (χ0n) is 10.5. The van der Waals surface area contributed by atoms with Crippen LogP contribution in [0.1, 0.15) is 27.2 Å². The van der Waals surface area contributed by atoms with Crippen LogP contribution in [0.5, 0.6) is 0 Å². The van der Waals surface area contributed by atoms with E-state index in [2.05, 4.69) is 17.9 Å². The van der Waals surface area contributed by atoms with E-state index < -0.39 is 29.4 Å². The topological polar surface area (TPSA) is 90.0 Å². The number of nitrogens with zero attached hydrogens (tertiary/aromatic N) is 2. The van der Waals surface area contributed by atoms with Gasteiger partial charge in [-0.05, 0) is 20.8 Å². The third-order valence-corrected chi connectivity index (χ3v) is 3.15. The Kier molecular flexibility index (Phi) is 4.10. The SMILES string of the molecule is CCN1C(=O)N(C(C)C)C(=O)NC1(S)CC(=O)O. The van der Waals surface area contributed by atoms with Crippen LogP contribution in [0.4, 0.5) is 9.59 Å². The molecule has 1 aliphatic rings. The molecule has 0 bridgehead atoms. The molecule has 7 nitrogen and oxygen atoms in total. The van der Waals surface area contributed by atoms with Gasteiger partial charge in [-0.3, -0.25) is 9.69 Å². The fraction of sp³-hybridized carbons (Fsp3) is 0.700. The van der Waals surface area contributed by atoms with Crippen LogP contribution in [0.2, 0.25) is 0 Å². The molecule has 18 heavy (non-hydrogen) atoms. The Morgan fingerprint density at radius 2 is 2.06 bits per heavy atom. The maximum absolute atomic E-state index is 12.2. The van der Waals surface area contributed by atoms with Gasteiger partial charge in [0.15, 0.2) is 4.99 Å². The van der Waals surface area contributed by atoms with Gasteiger partial charge in [0.05, 0.1) is 6.42 Å². The molecule has 0 aromatic heterocycles. The number of carbonyl (C=O) groups excluding carboxylic acids is 2. The van der Waals surface area contributed by atoms with E-state index in [9.17, 15) is 14.4 Å². The van der Waals surface area contributed by atoms with Crippen molar-refractivity contribution in [3.05, 3.63) is 0 Å². The minimum absolute atomic E-state index is 0.249. The molecule has 4 amide bonds. The highest BCUT2D eigenvalue weighted by Crippen LogP contribution is 2.28. The Balaban J connectivity index is 3.09. The van der Waals surface area contributed by atoms with Gasteiger partial charge >= 0.3 is 18.0 Å². The number of rotatable bonds is 4. The monoisotopic (exact) mass is 275 g/mol. The average Bonchev–Trinajstić information content (AvgIpc) is 2.13. The lowest BCUT2D eigenvalue weighted by Crippen LogP contribution is -2.71. The van der Waals surface area contributed by atoms with E-state index >= 15 is 0 Å². The van der Waals surface area contributed by atoms with Gasteiger partial charge in [0.1, 0.15) is 0 Å². The van der Waals surface area contributed by atoms with Crippen LogP contribution in [0, 0.1) is 0 Å². The number of carboxylic acid groups (broad SMARTS) is 1. The summed E-state index contributed by atoms with van der Waals surface area (Å²) in [6.45, 7) is 5.35. The molecule has 0 spiro atoms. The van der Waals surface area contributed by atoms with Crippen molar-refractivity contribution in [2.24, 2.45) is 0 Å². The van der Waals surface area contributed by atoms with E-state index in [0.29, 0.717) is 0 Å². The molecule has 1 unspecified atom stereocenters. The summed E-state index contributed by atoms with van der Waals surface area (Å²) in [7, 11) is 0. The van der Waals surface area contributed by atoms with Gasteiger partial charge in [-0.25, -0.2) is 14.5 Å². The molecule has 0 aliphatic carbocycles. The fourth-order valence-electron chi connectivity index (χ4n) is 1.88. The quantitative estimate of drug-likeness (QED) is 0.665. The molecule has 0 saturated carbocycles. The van der Waals surface area contributed by atoms with Gasteiger partial charge in [0.25, 0.3) is 0 Å². The summed E-state index contributed by atoms with van der Waals surface area (Å²) in [6, 6.07) is -1.47. The zero-order chi connectivity index (χ0) is 14.1. The van der Waals surface area contributed by atoms with Crippen LogP contribution in [0.15, 0.2) is 0 Å². The van der Waals surface area contributed by atoms with E-state index in [-0.39, 0.29) is 12.6 Å². The maximum Gasteiger partial charge on any atom is 0.330 e. The molecule has 102 valence electrons. The third-order valence-electron chi connectivity index (χ3n) is 2.64. The first kappa shape index (κ1) is 14.6. The van der Waals surface area contributed by atoms with Crippen molar-refractivity contribution in [1.82, 2.24) is 15.1 Å². The number of amides is 4. The number of carbonyl (C=O) groups is 3. The molecular weight excluding hydrogens is 258 g/mol. The molecule has 1 fully saturated rings. The molecular formula is C10H17N3O4S. The molecule has 1 heterocycles.